The van der Waals surface area contributed by atoms with Gasteiger partial charge in [0.2, 0.25) is 5.89 Å². The summed E-state index contributed by atoms with van der Waals surface area (Å²) >= 11 is 5.94. The lowest BCUT2D eigenvalue weighted by Gasteiger charge is -2.34. The van der Waals surface area contributed by atoms with Crippen molar-refractivity contribution < 1.29 is 4.42 Å². The molecular weight excluding hydrogens is 406 g/mol. The number of halogens is 1. The van der Waals surface area contributed by atoms with E-state index in [2.05, 4.69) is 15.1 Å². The second kappa shape index (κ2) is 7.21. The molecule has 1 saturated carbocycles. The van der Waals surface area contributed by atoms with Crippen LogP contribution in [0.4, 0.5) is 0 Å². The fourth-order valence-corrected chi connectivity index (χ4v) is 3.93. The summed E-state index contributed by atoms with van der Waals surface area (Å²) in [4.78, 5) is 33.5. The molecule has 0 N–H and O–H groups in total. The highest BCUT2D eigenvalue weighted by Crippen LogP contribution is 2.43. The van der Waals surface area contributed by atoms with Gasteiger partial charge in [-0.25, -0.2) is 14.8 Å². The Hall–Kier alpha value is -3.26. The van der Waals surface area contributed by atoms with Gasteiger partial charge in [0.1, 0.15) is 6.54 Å². The van der Waals surface area contributed by atoms with Crippen molar-refractivity contribution in [3.63, 3.8) is 0 Å². The molecule has 1 aliphatic carbocycles. The van der Waals surface area contributed by atoms with Crippen LogP contribution in [0.2, 0.25) is 5.02 Å². The predicted molar refractivity (Wildman–Crippen MR) is 111 cm³/mol. The van der Waals surface area contributed by atoms with Gasteiger partial charge < -0.3 is 4.42 Å². The molecule has 0 saturated heterocycles. The molecule has 0 unspecified atom stereocenters. The molecule has 3 aromatic heterocycles. The van der Waals surface area contributed by atoms with E-state index in [-0.39, 0.29) is 29.6 Å². The number of rotatable bonds is 4. The molecule has 5 rings (SSSR count). The molecule has 0 bridgehead atoms. The Morgan fingerprint density at radius 2 is 1.90 bits per heavy atom. The number of fused-ring (bicyclic) bond motifs is 1. The van der Waals surface area contributed by atoms with Gasteiger partial charge in [-0.15, -0.1) is 5.10 Å². The first-order chi connectivity index (χ1) is 14.5. The van der Waals surface area contributed by atoms with Crippen LogP contribution in [0.5, 0.6) is 0 Å². The zero-order chi connectivity index (χ0) is 20.8. The van der Waals surface area contributed by atoms with Gasteiger partial charge in [-0.2, -0.15) is 4.68 Å². The largest absolute Gasteiger partial charge is 0.437 e. The highest BCUT2D eigenvalue weighted by Gasteiger charge is 2.34. The van der Waals surface area contributed by atoms with E-state index in [0.29, 0.717) is 16.5 Å². The Morgan fingerprint density at radius 1 is 1.13 bits per heavy atom. The van der Waals surface area contributed by atoms with Gasteiger partial charge in [0, 0.05) is 10.7 Å². The maximum absolute atomic E-state index is 12.7. The Morgan fingerprint density at radius 3 is 2.67 bits per heavy atom. The molecule has 9 heteroatoms. The van der Waals surface area contributed by atoms with Crippen molar-refractivity contribution in [2.75, 3.05) is 0 Å². The zero-order valence-corrected chi connectivity index (χ0v) is 16.9. The minimum atomic E-state index is -0.514. The van der Waals surface area contributed by atoms with Crippen LogP contribution < -0.4 is 11.3 Å². The summed E-state index contributed by atoms with van der Waals surface area (Å²) in [6, 6.07) is 11.3. The van der Waals surface area contributed by atoms with Crippen molar-refractivity contribution in [3.05, 3.63) is 85.8 Å². The maximum atomic E-state index is 12.7. The van der Waals surface area contributed by atoms with Gasteiger partial charge in [-0.1, -0.05) is 23.7 Å². The molecule has 0 amide bonds. The summed E-state index contributed by atoms with van der Waals surface area (Å²) in [5.74, 6) is 0.0205. The molecule has 1 aromatic carbocycles. The second-order valence-corrected chi connectivity index (χ2v) is 8.01. The van der Waals surface area contributed by atoms with Gasteiger partial charge >= 0.3 is 5.76 Å². The maximum Gasteiger partial charge on any atom is 0.437 e. The predicted octanol–water partition coefficient (Wildman–Crippen LogP) is 3.07. The first-order valence-electron chi connectivity index (χ1n) is 9.65. The Kier molecular flexibility index (Phi) is 4.51. The lowest BCUT2D eigenvalue weighted by atomic mass is 9.76. The third-order valence-electron chi connectivity index (χ3n) is 5.53. The van der Waals surface area contributed by atoms with Gasteiger partial charge in [0.05, 0.1) is 17.9 Å². The van der Waals surface area contributed by atoms with Crippen LogP contribution in [0.25, 0.3) is 11.0 Å². The summed E-state index contributed by atoms with van der Waals surface area (Å²) in [6.07, 6.45) is 3.02. The van der Waals surface area contributed by atoms with Gasteiger partial charge in [-0.05, 0) is 55.5 Å². The van der Waals surface area contributed by atoms with Crippen LogP contribution in [0.1, 0.15) is 41.9 Å². The Bertz CT molecular complexity index is 1350. The topological polar surface area (TPSA) is 95.8 Å². The van der Waals surface area contributed by atoms with Crippen LogP contribution in [-0.4, -0.2) is 24.3 Å². The first-order valence-corrected chi connectivity index (χ1v) is 10.0. The van der Waals surface area contributed by atoms with Crippen LogP contribution in [0.15, 0.2) is 56.7 Å². The molecular formula is C21H18ClN5O3. The van der Waals surface area contributed by atoms with E-state index in [4.69, 9.17) is 16.0 Å². The van der Waals surface area contributed by atoms with Crippen molar-refractivity contribution in [1.82, 2.24) is 24.3 Å². The second-order valence-electron chi connectivity index (χ2n) is 7.58. The molecule has 0 radical (unpaired) electrons. The summed E-state index contributed by atoms with van der Waals surface area (Å²) < 4.78 is 8.02. The van der Waals surface area contributed by atoms with Gasteiger partial charge in [0.15, 0.2) is 5.52 Å². The SMILES string of the molecule is Cc1ccc2ncn(Cc3nn(C4CC(c5ccc(Cl)cc5)C4)c(=O)o3)c(=O)c2n1. The molecule has 8 nitrogen and oxygen atoms in total. The Balaban J connectivity index is 1.35. The lowest BCUT2D eigenvalue weighted by Crippen LogP contribution is -2.31. The van der Waals surface area contributed by atoms with E-state index in [1.807, 2.05) is 31.2 Å². The highest BCUT2D eigenvalue weighted by atomic mass is 35.5. The minimum Gasteiger partial charge on any atom is -0.390 e. The summed E-state index contributed by atoms with van der Waals surface area (Å²) in [6.45, 7) is 1.83. The lowest BCUT2D eigenvalue weighted by molar-refractivity contribution is 0.233. The van der Waals surface area contributed by atoms with Crippen molar-refractivity contribution in [2.24, 2.45) is 0 Å². The third-order valence-corrected chi connectivity index (χ3v) is 5.78. The highest BCUT2D eigenvalue weighted by molar-refractivity contribution is 6.30. The molecule has 0 spiro atoms. The quantitative estimate of drug-likeness (QED) is 0.500. The van der Waals surface area contributed by atoms with E-state index in [0.717, 1.165) is 18.5 Å². The fraction of sp³-hybridized carbons (Fsp3) is 0.286. The van der Waals surface area contributed by atoms with Crippen molar-refractivity contribution in [1.29, 1.82) is 0 Å². The number of hydrogen-bond acceptors (Lipinski definition) is 6. The standard InChI is InChI=1S/C21H18ClN5O3/c1-12-2-7-17-19(24-12)20(28)26(11-23-17)10-18-25-27(21(29)30-18)16-8-14(9-16)13-3-5-15(22)6-4-13/h2-7,11,14,16H,8-10H2,1H3. The normalized spacial score (nSPS) is 18.5. The van der Waals surface area contributed by atoms with E-state index in [9.17, 15) is 9.59 Å². The minimum absolute atomic E-state index is 0.0208. The molecule has 30 heavy (non-hydrogen) atoms. The number of pyridine rings is 1. The van der Waals surface area contributed by atoms with E-state index < -0.39 is 5.76 Å². The van der Waals surface area contributed by atoms with Crippen LogP contribution in [-0.2, 0) is 6.54 Å². The Labute approximate surface area is 175 Å². The third kappa shape index (κ3) is 3.33. The van der Waals surface area contributed by atoms with E-state index >= 15 is 0 Å². The molecule has 3 heterocycles. The molecule has 0 atom stereocenters. The number of aryl methyl sites for hydroxylation is 1. The van der Waals surface area contributed by atoms with E-state index in [1.54, 1.807) is 12.1 Å². The number of nitrogens with zero attached hydrogens (tertiary/aromatic N) is 5. The van der Waals surface area contributed by atoms with Crippen molar-refractivity contribution in [2.45, 2.75) is 38.3 Å². The first kappa shape index (κ1) is 18.7. The van der Waals surface area contributed by atoms with Crippen LogP contribution in [0, 0.1) is 6.92 Å². The summed E-state index contributed by atoms with van der Waals surface area (Å²) in [5.41, 5.74) is 2.44. The molecule has 0 aliphatic heterocycles. The number of hydrogen-bond donors (Lipinski definition) is 0. The monoisotopic (exact) mass is 423 g/mol. The number of aromatic nitrogens is 5. The number of benzene rings is 1. The van der Waals surface area contributed by atoms with Crippen molar-refractivity contribution >= 4 is 22.6 Å². The summed E-state index contributed by atoms with van der Waals surface area (Å²) in [5, 5.41) is 5.02. The fourth-order valence-electron chi connectivity index (χ4n) is 3.81. The average molecular weight is 424 g/mol. The van der Waals surface area contributed by atoms with Gasteiger partial charge in [0.25, 0.3) is 5.56 Å². The molecule has 1 fully saturated rings. The zero-order valence-electron chi connectivity index (χ0n) is 16.2. The van der Waals surface area contributed by atoms with Gasteiger partial charge in [-0.3, -0.25) is 9.36 Å². The molecule has 152 valence electrons. The van der Waals surface area contributed by atoms with E-state index in [1.165, 1.54) is 21.1 Å². The van der Waals surface area contributed by atoms with Crippen LogP contribution in [0.3, 0.4) is 0 Å². The molecule has 4 aromatic rings. The summed E-state index contributed by atoms with van der Waals surface area (Å²) in [7, 11) is 0. The van der Waals surface area contributed by atoms with Crippen molar-refractivity contribution in [3.8, 4) is 0 Å². The average Bonchev–Trinajstić information content (AvgIpc) is 3.05. The smallest absolute Gasteiger partial charge is 0.390 e. The molecule has 1 aliphatic rings. The van der Waals surface area contributed by atoms with Crippen LogP contribution >= 0.6 is 11.6 Å².